The van der Waals surface area contributed by atoms with Crippen molar-refractivity contribution < 1.29 is 32.4 Å². The molecule has 0 saturated heterocycles. The van der Waals surface area contributed by atoms with E-state index in [2.05, 4.69) is 0 Å². The molecular formula is C23H18F4N2O4. The first-order chi connectivity index (χ1) is 15.4. The fourth-order valence-corrected chi connectivity index (χ4v) is 3.33. The van der Waals surface area contributed by atoms with Gasteiger partial charge in [-0.2, -0.15) is 13.2 Å². The van der Waals surface area contributed by atoms with Crippen molar-refractivity contribution in [3.8, 4) is 0 Å². The fourth-order valence-electron chi connectivity index (χ4n) is 3.33. The first-order valence-electron chi connectivity index (χ1n) is 9.62. The number of benzene rings is 3. The van der Waals surface area contributed by atoms with Crippen LogP contribution >= 0.6 is 0 Å². The molecule has 10 heteroatoms. The molecule has 0 aromatic heterocycles. The summed E-state index contributed by atoms with van der Waals surface area (Å²) in [5, 5.41) is 22.1. The number of alkyl halides is 3. The molecule has 0 aliphatic heterocycles. The maximum Gasteiger partial charge on any atom is 0.423 e. The Bertz CT molecular complexity index is 1160. The highest BCUT2D eigenvalue weighted by Gasteiger charge is 2.41. The third-order valence-electron chi connectivity index (χ3n) is 4.88. The second-order valence-corrected chi connectivity index (χ2v) is 7.51. The number of nitro groups is 1. The summed E-state index contributed by atoms with van der Waals surface area (Å²) in [5.74, 6) is -1.65. The van der Waals surface area contributed by atoms with E-state index in [0.29, 0.717) is 17.7 Å². The molecule has 1 amide bonds. The molecule has 1 N–H and O–H groups in total. The van der Waals surface area contributed by atoms with E-state index in [9.17, 15) is 37.6 Å². The molecule has 0 spiro atoms. The van der Waals surface area contributed by atoms with Crippen LogP contribution in [0.3, 0.4) is 0 Å². The number of carbonyl (C=O) groups excluding carboxylic acids is 1. The quantitative estimate of drug-likeness (QED) is 0.302. The van der Waals surface area contributed by atoms with Crippen LogP contribution < -0.4 is 4.90 Å². The van der Waals surface area contributed by atoms with E-state index >= 15 is 0 Å². The lowest BCUT2D eigenvalue weighted by atomic mass is 9.94. The molecule has 0 fully saturated rings. The Morgan fingerprint density at radius 2 is 1.58 bits per heavy atom. The molecule has 3 rings (SSSR count). The lowest BCUT2D eigenvalue weighted by molar-refractivity contribution is -0.388. The lowest BCUT2D eigenvalue weighted by Gasteiger charge is -2.31. The summed E-state index contributed by atoms with van der Waals surface area (Å²) in [7, 11) is 0. The van der Waals surface area contributed by atoms with Gasteiger partial charge in [0.15, 0.2) is 0 Å². The second kappa shape index (κ2) is 8.99. The van der Waals surface area contributed by atoms with Crippen molar-refractivity contribution in [2.45, 2.75) is 25.1 Å². The highest BCUT2D eigenvalue weighted by molar-refractivity contribution is 6.05. The minimum Gasteiger partial charge on any atom is -0.380 e. The van der Waals surface area contributed by atoms with Gasteiger partial charge in [-0.05, 0) is 48.9 Å². The number of anilines is 2. The van der Waals surface area contributed by atoms with E-state index in [1.54, 1.807) is 30.3 Å². The molecular weight excluding hydrogens is 444 g/mol. The Morgan fingerprint density at radius 3 is 2.12 bits per heavy atom. The number of hydrogen-bond donors (Lipinski definition) is 1. The maximum absolute atomic E-state index is 13.5. The lowest BCUT2D eigenvalue weighted by Crippen LogP contribution is -2.47. The summed E-state index contributed by atoms with van der Waals surface area (Å²) in [6.07, 6.45) is -5.24. The van der Waals surface area contributed by atoms with E-state index in [-0.39, 0.29) is 17.8 Å². The standard InChI is InChI=1S/C23H18F4N2O4/c1-22(31,14-15-5-3-2-4-6-15)21(30)28(17-9-7-16(24)8-10-17)18-11-12-20(29(32)33)19(13-18)23(25,26)27/h2-13,31H,14H2,1H3. The number of nitro benzene ring substituents is 1. The maximum atomic E-state index is 13.5. The van der Waals surface area contributed by atoms with Crippen LogP contribution in [0.15, 0.2) is 72.8 Å². The topological polar surface area (TPSA) is 83.7 Å². The molecule has 1 unspecified atom stereocenters. The van der Waals surface area contributed by atoms with Gasteiger partial charge in [-0.1, -0.05) is 30.3 Å². The van der Waals surface area contributed by atoms with Gasteiger partial charge in [0.05, 0.1) is 10.6 Å². The highest BCUT2D eigenvalue weighted by Crippen LogP contribution is 2.40. The third-order valence-corrected chi connectivity index (χ3v) is 4.88. The number of rotatable bonds is 6. The number of halogens is 4. The van der Waals surface area contributed by atoms with E-state index in [4.69, 9.17) is 0 Å². The van der Waals surface area contributed by atoms with Crippen LogP contribution in [0.1, 0.15) is 18.1 Å². The van der Waals surface area contributed by atoms with Crippen molar-refractivity contribution in [2.24, 2.45) is 0 Å². The Morgan fingerprint density at radius 1 is 1.00 bits per heavy atom. The largest absolute Gasteiger partial charge is 0.423 e. The van der Waals surface area contributed by atoms with Gasteiger partial charge in [0.1, 0.15) is 17.0 Å². The summed E-state index contributed by atoms with van der Waals surface area (Å²) in [5.41, 5.74) is -4.64. The number of hydrogen-bond acceptors (Lipinski definition) is 4. The molecule has 1 atom stereocenters. The first kappa shape index (κ1) is 23.9. The van der Waals surface area contributed by atoms with Crippen molar-refractivity contribution >= 4 is 23.0 Å². The van der Waals surface area contributed by atoms with Gasteiger partial charge in [-0.3, -0.25) is 19.8 Å². The minimum absolute atomic E-state index is 0.0308. The third kappa shape index (κ3) is 5.35. The average Bonchev–Trinajstić information content (AvgIpc) is 2.75. The predicted molar refractivity (Wildman–Crippen MR) is 112 cm³/mol. The van der Waals surface area contributed by atoms with Crippen LogP contribution in [-0.2, 0) is 17.4 Å². The molecule has 0 saturated carbocycles. The van der Waals surface area contributed by atoms with Crippen molar-refractivity contribution in [3.63, 3.8) is 0 Å². The molecule has 0 radical (unpaired) electrons. The number of nitrogens with zero attached hydrogens (tertiary/aromatic N) is 2. The Hall–Kier alpha value is -3.79. The summed E-state index contributed by atoms with van der Waals surface area (Å²) in [6, 6.07) is 14.8. The zero-order valence-electron chi connectivity index (χ0n) is 17.2. The second-order valence-electron chi connectivity index (χ2n) is 7.51. The zero-order chi connectivity index (χ0) is 24.4. The number of amides is 1. The van der Waals surface area contributed by atoms with Gasteiger partial charge in [0.25, 0.3) is 11.6 Å². The van der Waals surface area contributed by atoms with E-state index in [1.807, 2.05) is 0 Å². The van der Waals surface area contributed by atoms with Gasteiger partial charge in [-0.25, -0.2) is 4.39 Å². The SMILES string of the molecule is CC(O)(Cc1ccccc1)C(=O)N(c1ccc(F)cc1)c1ccc([N+](=O)[O-])c(C(F)(F)F)c1. The van der Waals surface area contributed by atoms with Crippen LogP contribution in [0.5, 0.6) is 0 Å². The molecule has 3 aromatic rings. The molecule has 0 bridgehead atoms. The van der Waals surface area contributed by atoms with Gasteiger partial charge in [-0.15, -0.1) is 0 Å². The summed E-state index contributed by atoms with van der Waals surface area (Å²) >= 11 is 0. The molecule has 3 aromatic carbocycles. The minimum atomic E-state index is -5.08. The zero-order valence-corrected chi connectivity index (χ0v) is 17.2. The Labute approximate surface area is 185 Å². The van der Waals surface area contributed by atoms with Gasteiger partial charge in [0.2, 0.25) is 0 Å². The van der Waals surface area contributed by atoms with E-state index < -0.39 is 39.7 Å². The normalized spacial score (nSPS) is 13.3. The summed E-state index contributed by atoms with van der Waals surface area (Å²) < 4.78 is 54.0. The van der Waals surface area contributed by atoms with Crippen molar-refractivity contribution in [1.82, 2.24) is 0 Å². The first-order valence-corrected chi connectivity index (χ1v) is 9.62. The van der Waals surface area contributed by atoms with E-state index in [1.165, 1.54) is 6.92 Å². The highest BCUT2D eigenvalue weighted by atomic mass is 19.4. The van der Waals surface area contributed by atoms with Gasteiger partial charge < -0.3 is 5.11 Å². The molecule has 0 aliphatic rings. The fraction of sp³-hybridized carbons (Fsp3) is 0.174. The number of aliphatic hydroxyl groups is 1. The summed E-state index contributed by atoms with van der Waals surface area (Å²) in [6.45, 7) is 1.20. The van der Waals surface area contributed by atoms with Crippen molar-refractivity contribution in [1.29, 1.82) is 0 Å². The van der Waals surface area contributed by atoms with Crippen LogP contribution in [0.2, 0.25) is 0 Å². The molecule has 0 aliphatic carbocycles. The molecule has 0 heterocycles. The van der Waals surface area contributed by atoms with Crippen LogP contribution in [0.25, 0.3) is 0 Å². The number of carbonyl (C=O) groups is 1. The predicted octanol–water partition coefficient (Wildman–Crippen LogP) is 5.41. The van der Waals surface area contributed by atoms with E-state index in [0.717, 1.165) is 35.2 Å². The van der Waals surface area contributed by atoms with Gasteiger partial charge in [0, 0.05) is 18.2 Å². The van der Waals surface area contributed by atoms with Crippen LogP contribution in [0.4, 0.5) is 34.6 Å². The summed E-state index contributed by atoms with van der Waals surface area (Å²) in [4.78, 5) is 24.1. The van der Waals surface area contributed by atoms with Crippen LogP contribution in [0, 0.1) is 15.9 Å². The monoisotopic (exact) mass is 462 g/mol. The average molecular weight is 462 g/mol. The Kier molecular flexibility index (Phi) is 6.50. The molecule has 6 nitrogen and oxygen atoms in total. The van der Waals surface area contributed by atoms with Crippen molar-refractivity contribution in [2.75, 3.05) is 4.90 Å². The molecule has 33 heavy (non-hydrogen) atoms. The van der Waals surface area contributed by atoms with Crippen LogP contribution in [-0.4, -0.2) is 21.5 Å². The van der Waals surface area contributed by atoms with Gasteiger partial charge >= 0.3 is 6.18 Å². The van der Waals surface area contributed by atoms with Crippen molar-refractivity contribution in [3.05, 3.63) is 99.9 Å². The smallest absolute Gasteiger partial charge is 0.380 e. The molecule has 172 valence electrons. The Balaban J connectivity index is 2.14.